The van der Waals surface area contributed by atoms with Gasteiger partial charge in [-0.25, -0.2) is 15.5 Å². The third-order valence-electron chi connectivity index (χ3n) is 4.04. The first kappa shape index (κ1) is 15.1. The van der Waals surface area contributed by atoms with Crippen LogP contribution in [0.3, 0.4) is 0 Å². The molecule has 1 aliphatic rings. The molecule has 0 fully saturated rings. The number of hydrogen-bond acceptors (Lipinski definition) is 6. The van der Waals surface area contributed by atoms with Crippen molar-refractivity contribution in [3.05, 3.63) is 47.3 Å². The van der Waals surface area contributed by atoms with Gasteiger partial charge in [-0.3, -0.25) is 0 Å². The summed E-state index contributed by atoms with van der Waals surface area (Å²) in [4.78, 5) is 8.99. The lowest BCUT2D eigenvalue weighted by Crippen LogP contribution is -2.03. The maximum absolute atomic E-state index is 7.24. The fourth-order valence-corrected chi connectivity index (χ4v) is 2.85. The van der Waals surface area contributed by atoms with Crippen molar-refractivity contribution in [2.24, 2.45) is 5.11 Å². The molecule has 1 aliphatic carbocycles. The number of benzene rings is 1. The minimum absolute atomic E-state index is 0.632. The number of nitrogens with one attached hydrogen (secondary N) is 3. The molecule has 6 heteroatoms. The minimum Gasteiger partial charge on any atom is -0.386 e. The Morgan fingerprint density at radius 3 is 2.83 bits per heavy atom. The van der Waals surface area contributed by atoms with Crippen molar-refractivity contribution in [3.63, 3.8) is 0 Å². The summed E-state index contributed by atoms with van der Waals surface area (Å²) in [7, 11) is 3.67. The molecule has 0 aliphatic heterocycles. The topological polar surface area (TPSA) is 86.1 Å². The van der Waals surface area contributed by atoms with Crippen LogP contribution >= 0.6 is 0 Å². The maximum atomic E-state index is 7.24. The molecule has 1 heterocycles. The second-order valence-electron chi connectivity index (χ2n) is 5.41. The van der Waals surface area contributed by atoms with Crippen LogP contribution in [-0.2, 0) is 6.42 Å². The number of aromatic nitrogens is 2. The smallest absolute Gasteiger partial charge is 0.222 e. The molecule has 2 aromatic rings. The molecule has 0 saturated heterocycles. The van der Waals surface area contributed by atoms with Gasteiger partial charge in [-0.2, -0.15) is 5.11 Å². The Labute approximate surface area is 135 Å². The molecular weight excluding hydrogens is 288 g/mol. The van der Waals surface area contributed by atoms with Gasteiger partial charge in [0.05, 0.1) is 11.4 Å². The molecule has 0 radical (unpaired) electrons. The molecule has 3 N–H and O–H groups in total. The first-order valence-electron chi connectivity index (χ1n) is 7.70. The largest absolute Gasteiger partial charge is 0.386 e. The summed E-state index contributed by atoms with van der Waals surface area (Å²) in [5.74, 6) is 0.657. The van der Waals surface area contributed by atoms with Crippen molar-refractivity contribution in [2.45, 2.75) is 19.3 Å². The van der Waals surface area contributed by atoms with Crippen LogP contribution in [0.4, 0.5) is 17.3 Å². The number of hydrogen-bond donors (Lipinski definition) is 3. The normalized spacial score (nSPS) is 13.6. The molecule has 0 atom stereocenters. The first-order chi connectivity index (χ1) is 11.3. The number of aryl methyl sites for hydroxylation is 1. The van der Waals surface area contributed by atoms with Crippen LogP contribution in [0, 0.1) is 5.53 Å². The number of fused-ring (bicyclic) bond motifs is 1. The van der Waals surface area contributed by atoms with Crippen LogP contribution in [-0.4, -0.2) is 24.1 Å². The van der Waals surface area contributed by atoms with Gasteiger partial charge >= 0.3 is 0 Å². The predicted octanol–water partition coefficient (Wildman–Crippen LogP) is 3.99. The van der Waals surface area contributed by atoms with E-state index in [9.17, 15) is 0 Å². The van der Waals surface area contributed by atoms with Gasteiger partial charge in [-0.05, 0) is 42.5 Å². The second kappa shape index (κ2) is 6.56. The van der Waals surface area contributed by atoms with Crippen molar-refractivity contribution in [1.82, 2.24) is 9.97 Å². The van der Waals surface area contributed by atoms with E-state index >= 15 is 0 Å². The zero-order chi connectivity index (χ0) is 16.2. The average Bonchev–Trinajstić information content (AvgIpc) is 2.82. The Hall–Kier alpha value is -2.76. The lowest BCUT2D eigenvalue weighted by molar-refractivity contribution is 0.822. The average molecular weight is 308 g/mol. The predicted molar refractivity (Wildman–Crippen MR) is 92.4 cm³/mol. The van der Waals surface area contributed by atoms with Gasteiger partial charge in [-0.1, -0.05) is 12.1 Å². The molecule has 118 valence electrons. The van der Waals surface area contributed by atoms with Gasteiger partial charge in [-0.15, -0.1) is 0 Å². The molecule has 1 aromatic carbocycles. The number of allylic oxidation sites excluding steroid dienone is 1. The second-order valence-corrected chi connectivity index (χ2v) is 5.41. The van der Waals surface area contributed by atoms with Gasteiger partial charge in [0, 0.05) is 25.9 Å². The molecule has 1 aromatic heterocycles. The van der Waals surface area contributed by atoms with Crippen molar-refractivity contribution < 1.29 is 0 Å². The molecular formula is C17H20N6. The summed E-state index contributed by atoms with van der Waals surface area (Å²) in [5, 5.41) is 9.65. The highest BCUT2D eigenvalue weighted by atomic mass is 15.1. The highest BCUT2D eigenvalue weighted by Gasteiger charge is 2.16. The summed E-state index contributed by atoms with van der Waals surface area (Å²) < 4.78 is 0. The van der Waals surface area contributed by atoms with Crippen molar-refractivity contribution >= 4 is 22.9 Å². The zero-order valence-corrected chi connectivity index (χ0v) is 13.3. The zero-order valence-electron chi connectivity index (χ0n) is 13.3. The standard InChI is InChI=1S/C17H20N6/c1-19-16-9-11(7-8-15(16)23-18)12-5-3-4-6-14-13(12)10-21-17(20-2)22-14/h5,7-10,18-19H,3-4,6H2,1-2H3,(H,20,21,22). The Balaban J connectivity index is 2.10. The van der Waals surface area contributed by atoms with Gasteiger partial charge in [0.25, 0.3) is 0 Å². The first-order valence-corrected chi connectivity index (χ1v) is 7.70. The molecule has 3 rings (SSSR count). The fourth-order valence-electron chi connectivity index (χ4n) is 2.85. The lowest BCUT2D eigenvalue weighted by Gasteiger charge is -2.13. The summed E-state index contributed by atoms with van der Waals surface area (Å²) in [5.41, 5.74) is 13.1. The number of nitrogens with zero attached hydrogens (tertiary/aromatic N) is 3. The number of anilines is 2. The monoisotopic (exact) mass is 308 g/mol. The summed E-state index contributed by atoms with van der Waals surface area (Å²) in [6, 6.07) is 5.89. The van der Waals surface area contributed by atoms with Gasteiger partial charge in [0.1, 0.15) is 5.69 Å². The van der Waals surface area contributed by atoms with Crippen LogP contribution in [0.2, 0.25) is 0 Å². The van der Waals surface area contributed by atoms with E-state index < -0.39 is 0 Å². The van der Waals surface area contributed by atoms with Crippen LogP contribution in [0.25, 0.3) is 5.57 Å². The van der Waals surface area contributed by atoms with E-state index in [0.29, 0.717) is 11.6 Å². The summed E-state index contributed by atoms with van der Waals surface area (Å²) in [6.07, 6.45) is 7.19. The molecule has 0 unspecified atom stereocenters. The quantitative estimate of drug-likeness (QED) is 0.745. The van der Waals surface area contributed by atoms with Crippen molar-refractivity contribution in [3.8, 4) is 0 Å². The highest BCUT2D eigenvalue weighted by molar-refractivity contribution is 5.84. The third-order valence-corrected chi connectivity index (χ3v) is 4.04. The molecule has 0 spiro atoms. The molecule has 0 amide bonds. The van der Waals surface area contributed by atoms with E-state index in [1.807, 2.05) is 38.5 Å². The van der Waals surface area contributed by atoms with Crippen LogP contribution in [0.5, 0.6) is 0 Å². The number of rotatable bonds is 4. The molecule has 6 nitrogen and oxygen atoms in total. The van der Waals surface area contributed by atoms with Crippen molar-refractivity contribution in [1.29, 1.82) is 5.53 Å². The highest BCUT2D eigenvalue weighted by Crippen LogP contribution is 2.34. The Bertz CT molecular complexity index is 766. The maximum Gasteiger partial charge on any atom is 0.222 e. The Morgan fingerprint density at radius 2 is 2.09 bits per heavy atom. The Kier molecular flexibility index (Phi) is 4.32. The molecule has 23 heavy (non-hydrogen) atoms. The van der Waals surface area contributed by atoms with E-state index in [0.717, 1.165) is 47.3 Å². The summed E-state index contributed by atoms with van der Waals surface area (Å²) >= 11 is 0. The third kappa shape index (κ3) is 2.92. The van der Waals surface area contributed by atoms with E-state index in [-0.39, 0.29) is 0 Å². The molecule has 0 bridgehead atoms. The van der Waals surface area contributed by atoms with Gasteiger partial charge in [0.2, 0.25) is 5.95 Å². The molecule has 0 saturated carbocycles. The minimum atomic E-state index is 0.632. The van der Waals surface area contributed by atoms with Gasteiger partial charge in [0.15, 0.2) is 0 Å². The fraction of sp³-hybridized carbons (Fsp3) is 0.294. The SMILES string of the molecule is CNc1ncc2c(n1)CCCC=C2c1ccc(N=N)c(NC)c1. The van der Waals surface area contributed by atoms with E-state index in [2.05, 4.69) is 31.8 Å². The van der Waals surface area contributed by atoms with Crippen LogP contribution in [0.1, 0.15) is 29.7 Å². The Morgan fingerprint density at radius 1 is 1.22 bits per heavy atom. The van der Waals surface area contributed by atoms with E-state index in [1.165, 1.54) is 0 Å². The van der Waals surface area contributed by atoms with E-state index in [1.54, 1.807) is 0 Å². The lowest BCUT2D eigenvalue weighted by atomic mass is 9.97. The van der Waals surface area contributed by atoms with Crippen molar-refractivity contribution in [2.75, 3.05) is 24.7 Å². The van der Waals surface area contributed by atoms with Crippen LogP contribution < -0.4 is 10.6 Å². The summed E-state index contributed by atoms with van der Waals surface area (Å²) in [6.45, 7) is 0. The van der Waals surface area contributed by atoms with Gasteiger partial charge < -0.3 is 10.6 Å². The van der Waals surface area contributed by atoms with Crippen LogP contribution in [0.15, 0.2) is 35.6 Å². The van der Waals surface area contributed by atoms with E-state index in [4.69, 9.17) is 5.53 Å².